The molecule has 3 heterocycles. The molecule has 0 aliphatic carbocycles. The van der Waals surface area contributed by atoms with Gasteiger partial charge in [-0.25, -0.2) is 4.98 Å². The number of aromatic nitrogens is 3. The molecule has 118 valence electrons. The van der Waals surface area contributed by atoms with Crippen LogP contribution >= 0.6 is 11.3 Å². The van der Waals surface area contributed by atoms with Crippen LogP contribution in [0.4, 0.5) is 5.13 Å². The number of nitrogens with zero attached hydrogens (tertiary/aromatic N) is 5. The van der Waals surface area contributed by atoms with E-state index in [9.17, 15) is 4.79 Å². The summed E-state index contributed by atoms with van der Waals surface area (Å²) in [4.78, 5) is 22.4. The summed E-state index contributed by atoms with van der Waals surface area (Å²) in [5.41, 5.74) is 2.08. The van der Waals surface area contributed by atoms with E-state index in [4.69, 9.17) is 0 Å². The summed E-state index contributed by atoms with van der Waals surface area (Å²) in [5.74, 6) is 0.180. The predicted molar refractivity (Wildman–Crippen MR) is 87.3 cm³/mol. The first-order chi connectivity index (χ1) is 10.5. The zero-order valence-electron chi connectivity index (χ0n) is 13.2. The summed E-state index contributed by atoms with van der Waals surface area (Å²) in [6.07, 6.45) is 4.09. The molecule has 1 aliphatic heterocycles. The molecule has 6 nitrogen and oxygen atoms in total. The lowest BCUT2D eigenvalue weighted by atomic mass is 10.2. The number of amides is 1. The van der Waals surface area contributed by atoms with Crippen molar-refractivity contribution in [2.24, 2.45) is 7.05 Å². The van der Waals surface area contributed by atoms with Crippen LogP contribution < -0.4 is 4.90 Å². The monoisotopic (exact) mass is 319 g/mol. The van der Waals surface area contributed by atoms with E-state index < -0.39 is 0 Å². The molecular weight excluding hydrogens is 298 g/mol. The summed E-state index contributed by atoms with van der Waals surface area (Å²) in [5, 5.41) is 5.19. The maximum Gasteiger partial charge on any atom is 0.227 e. The lowest BCUT2D eigenvalue weighted by molar-refractivity contribution is -0.130. The van der Waals surface area contributed by atoms with Crippen molar-refractivity contribution in [3.63, 3.8) is 0 Å². The van der Waals surface area contributed by atoms with E-state index in [-0.39, 0.29) is 5.91 Å². The Morgan fingerprint density at radius 2 is 2.00 bits per heavy atom. The average Bonchev–Trinajstić information content (AvgIpc) is 3.05. The SMILES string of the molecule is Cc1nc(N2CCN(C(=O)Cc3cnn(C)c3)CC2)sc1C. The van der Waals surface area contributed by atoms with Gasteiger partial charge in [-0.05, 0) is 19.4 Å². The molecule has 0 radical (unpaired) electrons. The molecule has 7 heteroatoms. The Labute approximate surface area is 134 Å². The second-order valence-electron chi connectivity index (χ2n) is 5.70. The van der Waals surface area contributed by atoms with E-state index in [0.29, 0.717) is 6.42 Å². The van der Waals surface area contributed by atoms with Gasteiger partial charge in [0, 0.05) is 44.3 Å². The van der Waals surface area contributed by atoms with Crippen LogP contribution in [0.25, 0.3) is 0 Å². The van der Waals surface area contributed by atoms with Crippen molar-refractivity contribution >= 4 is 22.4 Å². The molecule has 3 rings (SSSR count). The van der Waals surface area contributed by atoms with Crippen LogP contribution in [0.1, 0.15) is 16.1 Å². The average molecular weight is 319 g/mol. The second kappa shape index (κ2) is 6.08. The summed E-state index contributed by atoms with van der Waals surface area (Å²) in [6, 6.07) is 0. The Kier molecular flexibility index (Phi) is 4.15. The summed E-state index contributed by atoms with van der Waals surface area (Å²) in [7, 11) is 1.87. The number of rotatable bonds is 3. The van der Waals surface area contributed by atoms with Gasteiger partial charge in [0.15, 0.2) is 5.13 Å². The molecule has 0 saturated carbocycles. The van der Waals surface area contributed by atoms with Crippen molar-refractivity contribution in [3.8, 4) is 0 Å². The Balaban J connectivity index is 1.56. The third-order valence-corrected chi connectivity index (χ3v) is 5.17. The molecule has 1 amide bonds. The molecular formula is C15H21N5OS. The van der Waals surface area contributed by atoms with E-state index in [1.54, 1.807) is 22.2 Å². The standard InChI is InChI=1S/C15H21N5OS/c1-11-12(2)22-15(17-11)20-6-4-19(5-7-20)14(21)8-13-9-16-18(3)10-13/h9-10H,4-8H2,1-3H3. The first-order valence-corrected chi connectivity index (χ1v) is 8.29. The van der Waals surface area contributed by atoms with Crippen LogP contribution in [0.3, 0.4) is 0 Å². The van der Waals surface area contributed by atoms with Crippen LogP contribution in [0, 0.1) is 13.8 Å². The van der Waals surface area contributed by atoms with Gasteiger partial charge < -0.3 is 9.80 Å². The van der Waals surface area contributed by atoms with Crippen molar-refractivity contribution < 1.29 is 4.79 Å². The molecule has 2 aromatic rings. The van der Waals surface area contributed by atoms with Crippen molar-refractivity contribution in [2.45, 2.75) is 20.3 Å². The molecule has 22 heavy (non-hydrogen) atoms. The third-order valence-electron chi connectivity index (χ3n) is 4.03. The van der Waals surface area contributed by atoms with E-state index in [1.807, 2.05) is 25.1 Å². The number of carbonyl (C=O) groups is 1. The van der Waals surface area contributed by atoms with E-state index in [2.05, 4.69) is 21.9 Å². The molecule has 0 N–H and O–H groups in total. The highest BCUT2D eigenvalue weighted by Gasteiger charge is 2.23. The minimum Gasteiger partial charge on any atom is -0.345 e. The fourth-order valence-corrected chi connectivity index (χ4v) is 3.55. The Morgan fingerprint density at radius 1 is 1.27 bits per heavy atom. The van der Waals surface area contributed by atoms with Gasteiger partial charge in [0.25, 0.3) is 0 Å². The molecule has 0 unspecified atom stereocenters. The first kappa shape index (κ1) is 15.0. The van der Waals surface area contributed by atoms with Gasteiger partial charge in [0.2, 0.25) is 5.91 Å². The molecule has 1 saturated heterocycles. The van der Waals surface area contributed by atoms with Crippen LogP contribution in [0.5, 0.6) is 0 Å². The zero-order valence-corrected chi connectivity index (χ0v) is 14.1. The lowest BCUT2D eigenvalue weighted by Crippen LogP contribution is -2.49. The minimum atomic E-state index is 0.180. The number of aryl methyl sites for hydroxylation is 3. The molecule has 1 fully saturated rings. The Bertz CT molecular complexity index is 650. The Hall–Kier alpha value is -1.89. The molecule has 0 bridgehead atoms. The van der Waals surface area contributed by atoms with Gasteiger partial charge in [0.1, 0.15) is 0 Å². The number of hydrogen-bond donors (Lipinski definition) is 0. The van der Waals surface area contributed by atoms with E-state index in [0.717, 1.165) is 42.6 Å². The smallest absolute Gasteiger partial charge is 0.227 e. The normalized spacial score (nSPS) is 15.4. The lowest BCUT2D eigenvalue weighted by Gasteiger charge is -2.34. The van der Waals surface area contributed by atoms with Gasteiger partial charge in [-0.2, -0.15) is 5.10 Å². The second-order valence-corrected chi connectivity index (χ2v) is 6.89. The highest BCUT2D eigenvalue weighted by atomic mass is 32.1. The fourth-order valence-electron chi connectivity index (χ4n) is 2.59. The number of piperazine rings is 1. The van der Waals surface area contributed by atoms with Crippen molar-refractivity contribution in [3.05, 3.63) is 28.5 Å². The maximum atomic E-state index is 12.3. The number of anilines is 1. The topological polar surface area (TPSA) is 54.3 Å². The van der Waals surface area contributed by atoms with Crippen LogP contribution in [-0.4, -0.2) is 51.8 Å². The molecule has 0 spiro atoms. The number of thiazole rings is 1. The van der Waals surface area contributed by atoms with Gasteiger partial charge in [-0.15, -0.1) is 11.3 Å². The van der Waals surface area contributed by atoms with Gasteiger partial charge >= 0.3 is 0 Å². The number of carbonyl (C=O) groups excluding carboxylic acids is 1. The van der Waals surface area contributed by atoms with Crippen molar-refractivity contribution in [1.29, 1.82) is 0 Å². The summed E-state index contributed by atoms with van der Waals surface area (Å²) < 4.78 is 1.73. The van der Waals surface area contributed by atoms with Crippen LogP contribution in [0.2, 0.25) is 0 Å². The largest absolute Gasteiger partial charge is 0.345 e. The minimum absolute atomic E-state index is 0.180. The van der Waals surface area contributed by atoms with Crippen molar-refractivity contribution in [2.75, 3.05) is 31.1 Å². The summed E-state index contributed by atoms with van der Waals surface area (Å²) in [6.45, 7) is 7.37. The third kappa shape index (κ3) is 3.14. The van der Waals surface area contributed by atoms with Gasteiger partial charge in [0.05, 0.1) is 18.3 Å². The molecule has 0 aromatic carbocycles. The quantitative estimate of drug-likeness (QED) is 0.858. The van der Waals surface area contributed by atoms with Crippen molar-refractivity contribution in [1.82, 2.24) is 19.7 Å². The first-order valence-electron chi connectivity index (χ1n) is 7.47. The fraction of sp³-hybridized carbons (Fsp3) is 0.533. The highest BCUT2D eigenvalue weighted by Crippen LogP contribution is 2.26. The van der Waals surface area contributed by atoms with Crippen LogP contribution in [-0.2, 0) is 18.3 Å². The molecule has 2 aromatic heterocycles. The molecule has 1 aliphatic rings. The molecule has 0 atom stereocenters. The van der Waals surface area contributed by atoms with Gasteiger partial charge in [-0.1, -0.05) is 0 Å². The Morgan fingerprint density at radius 3 is 2.55 bits per heavy atom. The summed E-state index contributed by atoms with van der Waals surface area (Å²) >= 11 is 1.74. The predicted octanol–water partition coefficient (Wildman–Crippen LogP) is 1.38. The zero-order chi connectivity index (χ0) is 15.7. The highest BCUT2D eigenvalue weighted by molar-refractivity contribution is 7.15. The van der Waals surface area contributed by atoms with Gasteiger partial charge in [-0.3, -0.25) is 9.48 Å². The van der Waals surface area contributed by atoms with E-state index in [1.165, 1.54) is 4.88 Å². The number of hydrogen-bond acceptors (Lipinski definition) is 5. The van der Waals surface area contributed by atoms with Crippen LogP contribution in [0.15, 0.2) is 12.4 Å². The van der Waals surface area contributed by atoms with E-state index >= 15 is 0 Å². The maximum absolute atomic E-state index is 12.3.